The van der Waals surface area contributed by atoms with Crippen molar-refractivity contribution in [2.45, 2.75) is 6.42 Å². The van der Waals surface area contributed by atoms with Crippen molar-refractivity contribution in [1.82, 2.24) is 4.90 Å². The predicted octanol–water partition coefficient (Wildman–Crippen LogP) is -1.16. The van der Waals surface area contributed by atoms with Crippen molar-refractivity contribution in [3.63, 3.8) is 0 Å². The molecule has 0 aliphatic carbocycles. The highest BCUT2D eigenvalue weighted by Gasteiger charge is 2.30. The molecule has 1 heterocycles. The second-order valence-electron chi connectivity index (χ2n) is 2.86. The van der Waals surface area contributed by atoms with Crippen molar-refractivity contribution < 1.29 is 29.4 Å². The van der Waals surface area contributed by atoms with Gasteiger partial charge in [-0.25, -0.2) is 4.79 Å². The second-order valence-corrected chi connectivity index (χ2v) is 2.86. The van der Waals surface area contributed by atoms with Crippen LogP contribution in [0.5, 0.6) is 0 Å². The smallest absolute Gasteiger partial charge is 0.332 e. The molecule has 0 spiro atoms. The lowest BCUT2D eigenvalue weighted by molar-refractivity contribution is -0.151. The second kappa shape index (κ2) is 3.91. The summed E-state index contributed by atoms with van der Waals surface area (Å²) < 4.78 is 0. The highest BCUT2D eigenvalue weighted by Crippen LogP contribution is 2.13. The summed E-state index contributed by atoms with van der Waals surface area (Å²) >= 11 is 0. The van der Waals surface area contributed by atoms with Gasteiger partial charge in [-0.15, -0.1) is 0 Å². The maximum Gasteiger partial charge on any atom is 0.332 e. The van der Waals surface area contributed by atoms with Crippen LogP contribution < -0.4 is 0 Å². The van der Waals surface area contributed by atoms with Gasteiger partial charge in [-0.1, -0.05) is 0 Å². The van der Waals surface area contributed by atoms with Crippen LogP contribution in [-0.4, -0.2) is 45.4 Å². The van der Waals surface area contributed by atoms with Crippen molar-refractivity contribution in [3.05, 3.63) is 11.6 Å². The van der Waals surface area contributed by atoms with Gasteiger partial charge in [0.2, 0.25) is 5.91 Å². The molecule has 0 radical (unpaired) electrons. The van der Waals surface area contributed by atoms with Gasteiger partial charge >= 0.3 is 11.9 Å². The third kappa shape index (κ3) is 2.39. The van der Waals surface area contributed by atoms with E-state index in [4.69, 9.17) is 10.2 Å². The monoisotopic (exact) mass is 213 g/mol. The number of hydrogen-bond acceptors (Lipinski definition) is 4. The Kier molecular flexibility index (Phi) is 2.84. The van der Waals surface area contributed by atoms with Gasteiger partial charge < -0.3 is 10.2 Å². The first-order chi connectivity index (χ1) is 6.91. The lowest BCUT2D eigenvalue weighted by Crippen LogP contribution is -2.43. The van der Waals surface area contributed by atoms with Gasteiger partial charge in [-0.2, -0.15) is 0 Å². The van der Waals surface area contributed by atoms with Gasteiger partial charge in [0.25, 0.3) is 5.91 Å². The highest BCUT2D eigenvalue weighted by molar-refractivity contribution is 6.12. The number of hydrogen-bond donors (Lipinski definition) is 2. The molecule has 7 heteroatoms. The zero-order valence-corrected chi connectivity index (χ0v) is 7.47. The third-order valence-electron chi connectivity index (χ3n) is 1.77. The molecular weight excluding hydrogens is 206 g/mol. The lowest BCUT2D eigenvalue weighted by atomic mass is 10.1. The minimum atomic E-state index is -1.35. The maximum atomic E-state index is 11.2. The molecule has 1 aliphatic heterocycles. The van der Waals surface area contributed by atoms with Crippen LogP contribution in [0.2, 0.25) is 0 Å². The quantitative estimate of drug-likeness (QED) is 0.572. The molecule has 0 aromatic carbocycles. The lowest BCUT2D eigenvalue weighted by Gasteiger charge is -2.21. The Labute approximate surface area is 83.6 Å². The summed E-state index contributed by atoms with van der Waals surface area (Å²) in [5.74, 6) is -4.41. The molecular formula is C8H7NO6. The van der Waals surface area contributed by atoms with E-state index in [1.165, 1.54) is 0 Å². The zero-order valence-electron chi connectivity index (χ0n) is 7.47. The minimum Gasteiger partial charge on any atom is -0.480 e. The molecule has 0 aromatic rings. The van der Waals surface area contributed by atoms with E-state index < -0.39 is 36.7 Å². The van der Waals surface area contributed by atoms with Gasteiger partial charge in [0, 0.05) is 6.08 Å². The Hall–Kier alpha value is -2.18. The summed E-state index contributed by atoms with van der Waals surface area (Å²) in [6.07, 6.45) is 0.293. The Balaban J connectivity index is 2.90. The number of carboxylic acid groups (broad SMARTS) is 2. The van der Waals surface area contributed by atoms with Crippen molar-refractivity contribution in [3.8, 4) is 0 Å². The molecule has 2 amide bonds. The molecule has 15 heavy (non-hydrogen) atoms. The van der Waals surface area contributed by atoms with E-state index in [2.05, 4.69) is 0 Å². The van der Waals surface area contributed by atoms with Gasteiger partial charge in [0.15, 0.2) is 0 Å². The first-order valence-electron chi connectivity index (χ1n) is 3.92. The SMILES string of the molecule is O=C(O)CN1C(=O)C=C(C(=O)O)CC1=O. The molecule has 7 nitrogen and oxygen atoms in total. The average Bonchev–Trinajstić information content (AvgIpc) is 2.10. The van der Waals surface area contributed by atoms with E-state index in [1.807, 2.05) is 0 Å². The van der Waals surface area contributed by atoms with E-state index in [-0.39, 0.29) is 5.57 Å². The number of rotatable bonds is 3. The first kappa shape index (κ1) is 10.9. The van der Waals surface area contributed by atoms with Crippen molar-refractivity contribution in [1.29, 1.82) is 0 Å². The van der Waals surface area contributed by atoms with E-state index >= 15 is 0 Å². The van der Waals surface area contributed by atoms with Crippen LogP contribution in [0.4, 0.5) is 0 Å². The topological polar surface area (TPSA) is 112 Å². The van der Waals surface area contributed by atoms with Crippen LogP contribution in [0.3, 0.4) is 0 Å². The van der Waals surface area contributed by atoms with E-state index in [0.717, 1.165) is 6.08 Å². The maximum absolute atomic E-state index is 11.2. The van der Waals surface area contributed by atoms with Crippen molar-refractivity contribution >= 4 is 23.8 Å². The molecule has 1 rings (SSSR count). The molecule has 80 valence electrons. The van der Waals surface area contributed by atoms with E-state index in [1.54, 1.807) is 0 Å². The molecule has 0 fully saturated rings. The van der Waals surface area contributed by atoms with Crippen LogP contribution in [0, 0.1) is 0 Å². The van der Waals surface area contributed by atoms with Crippen LogP contribution in [0.1, 0.15) is 6.42 Å². The van der Waals surface area contributed by atoms with Crippen molar-refractivity contribution in [2.24, 2.45) is 0 Å². The van der Waals surface area contributed by atoms with Crippen molar-refractivity contribution in [2.75, 3.05) is 6.54 Å². The van der Waals surface area contributed by atoms with Gasteiger partial charge in [0.1, 0.15) is 6.54 Å². The minimum absolute atomic E-state index is 0.327. The van der Waals surface area contributed by atoms with E-state index in [9.17, 15) is 19.2 Å². The fourth-order valence-corrected chi connectivity index (χ4v) is 1.10. The number of carbonyl (C=O) groups excluding carboxylic acids is 2. The number of carboxylic acids is 2. The Morgan fingerprint density at radius 1 is 1.33 bits per heavy atom. The molecule has 2 N–H and O–H groups in total. The summed E-state index contributed by atoms with van der Waals surface area (Å²) in [5, 5.41) is 16.9. The predicted molar refractivity (Wildman–Crippen MR) is 44.7 cm³/mol. The van der Waals surface area contributed by atoms with Crippen LogP contribution in [0.15, 0.2) is 11.6 Å². The Morgan fingerprint density at radius 2 is 1.93 bits per heavy atom. The van der Waals surface area contributed by atoms with Gasteiger partial charge in [-0.05, 0) is 0 Å². The van der Waals surface area contributed by atoms with Gasteiger partial charge in [0.05, 0.1) is 12.0 Å². The number of carbonyl (C=O) groups is 4. The van der Waals surface area contributed by atoms with Crippen LogP contribution in [-0.2, 0) is 19.2 Å². The summed E-state index contributed by atoms with van der Waals surface area (Å²) in [4.78, 5) is 43.6. The summed E-state index contributed by atoms with van der Waals surface area (Å²) in [5.41, 5.74) is -0.327. The summed E-state index contributed by atoms with van der Waals surface area (Å²) in [6.45, 7) is -0.749. The normalized spacial score (nSPS) is 16.3. The number of amides is 2. The van der Waals surface area contributed by atoms with Crippen LogP contribution in [0.25, 0.3) is 0 Å². The van der Waals surface area contributed by atoms with Crippen LogP contribution >= 0.6 is 0 Å². The average molecular weight is 213 g/mol. The largest absolute Gasteiger partial charge is 0.480 e. The molecule has 0 atom stereocenters. The molecule has 1 aliphatic rings. The Bertz CT molecular complexity index is 383. The Morgan fingerprint density at radius 3 is 2.33 bits per heavy atom. The fraction of sp³-hybridized carbons (Fsp3) is 0.250. The molecule has 0 aromatic heterocycles. The molecule has 0 saturated carbocycles. The first-order valence-corrected chi connectivity index (χ1v) is 3.92. The number of aliphatic carboxylic acids is 2. The fourth-order valence-electron chi connectivity index (χ4n) is 1.10. The summed E-state index contributed by atoms with van der Waals surface area (Å²) in [7, 11) is 0. The molecule has 0 bridgehead atoms. The zero-order chi connectivity index (χ0) is 11.6. The number of imide groups is 1. The summed E-state index contributed by atoms with van der Waals surface area (Å²) in [6, 6.07) is 0. The van der Waals surface area contributed by atoms with Gasteiger partial charge in [-0.3, -0.25) is 19.3 Å². The standard InChI is InChI=1S/C8H7NO6/c10-5-1-4(8(14)15)2-6(11)9(5)3-7(12)13/h1H,2-3H2,(H,12,13)(H,14,15). The highest BCUT2D eigenvalue weighted by atomic mass is 16.4. The molecule has 0 saturated heterocycles. The molecule has 0 unspecified atom stereocenters. The number of nitrogens with zero attached hydrogens (tertiary/aromatic N) is 1. The van der Waals surface area contributed by atoms with E-state index in [0.29, 0.717) is 4.90 Å². The third-order valence-corrected chi connectivity index (χ3v) is 1.77.